The lowest BCUT2D eigenvalue weighted by atomic mass is 10.0. The van der Waals surface area contributed by atoms with Gasteiger partial charge in [0.2, 0.25) is 0 Å². The Balaban J connectivity index is 1.81. The highest BCUT2D eigenvalue weighted by molar-refractivity contribution is 7.12. The summed E-state index contributed by atoms with van der Waals surface area (Å²) in [5, 5.41) is 9.72. The molecule has 114 valence electrons. The van der Waals surface area contributed by atoms with Crippen molar-refractivity contribution in [3.63, 3.8) is 0 Å². The van der Waals surface area contributed by atoms with E-state index in [2.05, 4.69) is 34.7 Å². The monoisotopic (exact) mass is 332 g/mol. The van der Waals surface area contributed by atoms with Gasteiger partial charge in [-0.15, -0.1) is 11.3 Å². The summed E-state index contributed by atoms with van der Waals surface area (Å²) in [4.78, 5) is 11.8. The third-order valence-corrected chi connectivity index (χ3v) is 4.94. The number of nitrogens with zero attached hydrogens (tertiary/aromatic N) is 2. The molecule has 0 saturated carbocycles. The van der Waals surface area contributed by atoms with E-state index in [1.54, 1.807) is 11.3 Å². The Morgan fingerprint density at radius 2 is 2.14 bits per heavy atom. The molecule has 0 N–H and O–H groups in total. The van der Waals surface area contributed by atoms with Crippen LogP contribution in [0.3, 0.4) is 0 Å². The van der Waals surface area contributed by atoms with E-state index in [4.69, 9.17) is 16.7 Å². The lowest BCUT2D eigenvalue weighted by molar-refractivity contribution is -0.108. The van der Waals surface area contributed by atoms with Crippen molar-refractivity contribution < 1.29 is 4.79 Å². The maximum atomic E-state index is 10.6. The van der Waals surface area contributed by atoms with Gasteiger partial charge in [-0.1, -0.05) is 29.8 Å². The minimum atomic E-state index is 0.223. The maximum absolute atomic E-state index is 10.6. The Morgan fingerprint density at radius 1 is 1.32 bits per heavy atom. The summed E-state index contributed by atoms with van der Waals surface area (Å²) < 4.78 is 0. The normalized spacial score (nSPS) is 17.6. The molecule has 0 spiro atoms. The van der Waals surface area contributed by atoms with Crippen molar-refractivity contribution in [2.24, 2.45) is 5.10 Å². The fourth-order valence-corrected chi connectivity index (χ4v) is 3.51. The molecule has 1 aliphatic heterocycles. The summed E-state index contributed by atoms with van der Waals surface area (Å²) in [5.41, 5.74) is 2.34. The molecule has 1 aromatic heterocycles. The smallest absolute Gasteiger partial charge is 0.120 e. The highest BCUT2D eigenvalue weighted by atomic mass is 35.5. The molecule has 0 amide bonds. The zero-order chi connectivity index (χ0) is 15.4. The number of rotatable bonds is 6. The average molecular weight is 333 g/mol. The number of unbranched alkanes of at least 4 members (excludes halogenated alkanes) is 1. The summed E-state index contributed by atoms with van der Waals surface area (Å²) in [5.74, 6) is 0. The van der Waals surface area contributed by atoms with Gasteiger partial charge in [0.1, 0.15) is 6.29 Å². The number of aldehydes is 1. The van der Waals surface area contributed by atoms with Gasteiger partial charge < -0.3 is 4.79 Å². The van der Waals surface area contributed by atoms with E-state index < -0.39 is 0 Å². The number of hydrogen-bond donors (Lipinski definition) is 0. The van der Waals surface area contributed by atoms with Gasteiger partial charge in [-0.25, -0.2) is 0 Å². The first-order valence-electron chi connectivity index (χ1n) is 7.35. The molecule has 1 atom stereocenters. The Bertz CT molecular complexity index is 652. The Labute approximate surface area is 139 Å². The first kappa shape index (κ1) is 15.3. The second-order valence-electron chi connectivity index (χ2n) is 5.27. The highest BCUT2D eigenvalue weighted by Crippen LogP contribution is 2.34. The van der Waals surface area contributed by atoms with Gasteiger partial charge in [0.25, 0.3) is 0 Å². The van der Waals surface area contributed by atoms with Gasteiger partial charge in [0, 0.05) is 24.4 Å². The number of halogens is 1. The first-order valence-corrected chi connectivity index (χ1v) is 8.61. The molecule has 1 unspecified atom stereocenters. The van der Waals surface area contributed by atoms with Gasteiger partial charge in [0.05, 0.1) is 16.6 Å². The third kappa shape index (κ3) is 3.39. The summed E-state index contributed by atoms with van der Waals surface area (Å²) in [7, 11) is 0. The lowest BCUT2D eigenvalue weighted by Gasteiger charge is -2.23. The molecule has 2 heterocycles. The Hall–Kier alpha value is -1.65. The van der Waals surface area contributed by atoms with Crippen molar-refractivity contribution in [3.05, 3.63) is 57.2 Å². The molecule has 1 aliphatic rings. The van der Waals surface area contributed by atoms with Crippen LogP contribution in [0, 0.1) is 0 Å². The van der Waals surface area contributed by atoms with Gasteiger partial charge in [0.15, 0.2) is 0 Å². The molecule has 5 heteroatoms. The van der Waals surface area contributed by atoms with E-state index in [0.717, 1.165) is 36.4 Å². The Morgan fingerprint density at radius 3 is 2.82 bits per heavy atom. The fraction of sp³-hybridized carbons (Fsp3) is 0.294. The highest BCUT2D eigenvalue weighted by Gasteiger charge is 2.28. The molecule has 0 saturated heterocycles. The number of carbonyl (C=O) groups excluding carboxylic acids is 1. The van der Waals surface area contributed by atoms with Gasteiger partial charge in [-0.2, -0.15) is 5.10 Å². The maximum Gasteiger partial charge on any atom is 0.120 e. The van der Waals surface area contributed by atoms with E-state index in [1.165, 1.54) is 10.4 Å². The molecular formula is C17H17ClN2OS. The number of thiophene rings is 1. The molecule has 0 radical (unpaired) electrons. The van der Waals surface area contributed by atoms with Crippen molar-refractivity contribution in [2.75, 3.05) is 6.54 Å². The summed E-state index contributed by atoms with van der Waals surface area (Å²) >= 11 is 7.70. The number of carbonyl (C=O) groups is 1. The van der Waals surface area contributed by atoms with E-state index in [0.29, 0.717) is 6.42 Å². The predicted molar refractivity (Wildman–Crippen MR) is 91.7 cm³/mol. The van der Waals surface area contributed by atoms with E-state index in [1.807, 2.05) is 12.1 Å². The van der Waals surface area contributed by atoms with Crippen LogP contribution in [-0.2, 0) is 4.79 Å². The van der Waals surface area contributed by atoms with Crippen LogP contribution in [0.15, 0.2) is 46.9 Å². The first-order chi connectivity index (χ1) is 10.8. The van der Waals surface area contributed by atoms with Crippen LogP contribution >= 0.6 is 22.9 Å². The van der Waals surface area contributed by atoms with Crippen LogP contribution in [0.2, 0.25) is 5.02 Å². The minimum absolute atomic E-state index is 0.223. The van der Waals surface area contributed by atoms with Crippen LogP contribution in [0.5, 0.6) is 0 Å². The van der Waals surface area contributed by atoms with Crippen molar-refractivity contribution in [1.82, 2.24) is 5.01 Å². The molecule has 3 nitrogen and oxygen atoms in total. The van der Waals surface area contributed by atoms with Crippen LogP contribution in [-0.4, -0.2) is 23.6 Å². The average Bonchev–Trinajstić information content (AvgIpc) is 3.17. The molecule has 0 aliphatic carbocycles. The topological polar surface area (TPSA) is 32.7 Å². The SMILES string of the molecule is O=CCCCN1N=C(c2cccs2)CC1c1ccc(Cl)cc1. The summed E-state index contributed by atoms with van der Waals surface area (Å²) in [6.45, 7) is 0.793. The fourth-order valence-electron chi connectivity index (χ4n) is 2.66. The zero-order valence-electron chi connectivity index (χ0n) is 12.1. The third-order valence-electron chi connectivity index (χ3n) is 3.77. The number of benzene rings is 1. The zero-order valence-corrected chi connectivity index (χ0v) is 13.7. The predicted octanol–water partition coefficient (Wildman–Crippen LogP) is 4.53. The van der Waals surface area contributed by atoms with Gasteiger partial charge in [-0.3, -0.25) is 5.01 Å². The second-order valence-corrected chi connectivity index (χ2v) is 6.65. The molecule has 22 heavy (non-hydrogen) atoms. The molecular weight excluding hydrogens is 316 g/mol. The van der Waals surface area contributed by atoms with Crippen LogP contribution in [0.25, 0.3) is 0 Å². The van der Waals surface area contributed by atoms with E-state index in [-0.39, 0.29) is 6.04 Å². The molecule has 3 rings (SSSR count). The minimum Gasteiger partial charge on any atom is -0.303 e. The van der Waals surface area contributed by atoms with Gasteiger partial charge >= 0.3 is 0 Å². The number of hydrogen-bond acceptors (Lipinski definition) is 4. The van der Waals surface area contributed by atoms with Crippen molar-refractivity contribution in [3.8, 4) is 0 Å². The Kier molecular flexibility index (Phi) is 4.90. The number of hydrazone groups is 1. The second kappa shape index (κ2) is 7.07. The largest absolute Gasteiger partial charge is 0.303 e. The van der Waals surface area contributed by atoms with E-state index in [9.17, 15) is 4.79 Å². The molecule has 2 aromatic rings. The van der Waals surface area contributed by atoms with Crippen molar-refractivity contribution in [2.45, 2.75) is 25.3 Å². The van der Waals surface area contributed by atoms with Crippen LogP contribution in [0.1, 0.15) is 35.7 Å². The molecule has 0 fully saturated rings. The van der Waals surface area contributed by atoms with E-state index >= 15 is 0 Å². The van der Waals surface area contributed by atoms with Crippen LogP contribution in [0.4, 0.5) is 0 Å². The molecule has 1 aromatic carbocycles. The summed E-state index contributed by atoms with van der Waals surface area (Å²) in [6.07, 6.45) is 3.27. The summed E-state index contributed by atoms with van der Waals surface area (Å²) in [6, 6.07) is 12.3. The van der Waals surface area contributed by atoms with Crippen molar-refractivity contribution >= 4 is 34.9 Å². The lowest BCUT2D eigenvalue weighted by Crippen LogP contribution is -2.20. The van der Waals surface area contributed by atoms with Crippen LogP contribution < -0.4 is 0 Å². The molecule has 0 bridgehead atoms. The quantitative estimate of drug-likeness (QED) is 0.575. The van der Waals surface area contributed by atoms with Crippen molar-refractivity contribution in [1.29, 1.82) is 0 Å². The standard InChI is InChI=1S/C17H17ClN2OS/c18-14-7-5-13(6-8-14)16-12-15(17-4-3-11-22-17)19-20(16)9-1-2-10-21/h3-8,10-11,16H,1-2,9,12H2. The van der Waals surface area contributed by atoms with Gasteiger partial charge in [-0.05, 0) is 35.6 Å².